The number of fused-ring (bicyclic) bond motifs is 1. The van der Waals surface area contributed by atoms with Crippen LogP contribution in [0.1, 0.15) is 29.2 Å². The lowest BCUT2D eigenvalue weighted by Crippen LogP contribution is -2.34. The molecule has 4 heteroatoms. The van der Waals surface area contributed by atoms with E-state index < -0.39 is 0 Å². The number of phenols is 1. The molecule has 1 aliphatic carbocycles. The average Bonchev–Trinajstić information content (AvgIpc) is 2.60. The first-order valence-electron chi connectivity index (χ1n) is 8.01. The molecular formula is C19H23NO3. The molecule has 0 aromatic heterocycles. The van der Waals surface area contributed by atoms with Gasteiger partial charge in [-0.3, -0.25) is 0 Å². The summed E-state index contributed by atoms with van der Waals surface area (Å²) >= 11 is 0. The predicted molar refractivity (Wildman–Crippen MR) is 89.6 cm³/mol. The number of nitrogens with one attached hydrogen (secondary N) is 1. The maximum absolute atomic E-state index is 9.71. The average molecular weight is 313 g/mol. The summed E-state index contributed by atoms with van der Waals surface area (Å²) in [7, 11) is 1.55. The summed E-state index contributed by atoms with van der Waals surface area (Å²) in [6.45, 7) is 0.844. The third kappa shape index (κ3) is 3.33. The molecule has 3 rings (SSSR count). The zero-order chi connectivity index (χ0) is 16.2. The maximum Gasteiger partial charge on any atom is 0.160 e. The molecule has 23 heavy (non-hydrogen) atoms. The zero-order valence-electron chi connectivity index (χ0n) is 13.3. The summed E-state index contributed by atoms with van der Waals surface area (Å²) in [5, 5.41) is 23.0. The molecule has 3 N–H and O–H groups in total. The van der Waals surface area contributed by atoms with E-state index in [0.717, 1.165) is 18.4 Å². The highest BCUT2D eigenvalue weighted by Gasteiger charge is 2.28. The Balaban J connectivity index is 1.78. The van der Waals surface area contributed by atoms with Gasteiger partial charge >= 0.3 is 0 Å². The summed E-state index contributed by atoms with van der Waals surface area (Å²) in [5.74, 6) is 0.850. The Kier molecular flexibility index (Phi) is 4.84. The Hall–Kier alpha value is -2.04. The van der Waals surface area contributed by atoms with E-state index in [-0.39, 0.29) is 24.3 Å². The van der Waals surface area contributed by atoms with Crippen molar-refractivity contribution in [2.45, 2.75) is 25.4 Å². The third-order valence-corrected chi connectivity index (χ3v) is 4.65. The molecule has 2 unspecified atom stereocenters. The van der Waals surface area contributed by atoms with Crippen molar-refractivity contribution in [3.8, 4) is 11.5 Å². The van der Waals surface area contributed by atoms with Gasteiger partial charge in [0.25, 0.3) is 0 Å². The monoisotopic (exact) mass is 313 g/mol. The van der Waals surface area contributed by atoms with Crippen LogP contribution in [-0.4, -0.2) is 23.9 Å². The molecule has 0 radical (unpaired) electrons. The van der Waals surface area contributed by atoms with Crippen LogP contribution in [0.3, 0.4) is 0 Å². The number of ether oxygens (including phenoxy) is 1. The molecule has 0 saturated carbocycles. The van der Waals surface area contributed by atoms with E-state index in [1.807, 2.05) is 12.1 Å². The van der Waals surface area contributed by atoms with Gasteiger partial charge in [0.05, 0.1) is 7.11 Å². The van der Waals surface area contributed by atoms with Crippen molar-refractivity contribution in [1.29, 1.82) is 0 Å². The van der Waals surface area contributed by atoms with E-state index in [0.29, 0.717) is 12.3 Å². The second kappa shape index (κ2) is 7.02. The quantitative estimate of drug-likeness (QED) is 0.794. The Morgan fingerprint density at radius 3 is 2.83 bits per heavy atom. The van der Waals surface area contributed by atoms with E-state index >= 15 is 0 Å². The summed E-state index contributed by atoms with van der Waals surface area (Å²) in [5.41, 5.74) is 3.68. The zero-order valence-corrected chi connectivity index (χ0v) is 13.3. The van der Waals surface area contributed by atoms with E-state index in [9.17, 15) is 10.2 Å². The van der Waals surface area contributed by atoms with Crippen LogP contribution in [0.15, 0.2) is 42.5 Å². The molecule has 2 aromatic carbocycles. The van der Waals surface area contributed by atoms with Gasteiger partial charge in [0.2, 0.25) is 0 Å². The van der Waals surface area contributed by atoms with Crippen molar-refractivity contribution in [2.24, 2.45) is 5.92 Å². The smallest absolute Gasteiger partial charge is 0.160 e. The molecule has 0 bridgehead atoms. The number of hydrogen-bond acceptors (Lipinski definition) is 4. The van der Waals surface area contributed by atoms with Gasteiger partial charge in [-0.2, -0.15) is 0 Å². The van der Waals surface area contributed by atoms with Gasteiger partial charge in [0.1, 0.15) is 0 Å². The van der Waals surface area contributed by atoms with Crippen LogP contribution < -0.4 is 10.1 Å². The van der Waals surface area contributed by atoms with Crippen LogP contribution in [0.4, 0.5) is 0 Å². The number of methoxy groups -OCH3 is 1. The van der Waals surface area contributed by atoms with Crippen molar-refractivity contribution in [3.05, 3.63) is 59.2 Å². The molecule has 0 fully saturated rings. The fraction of sp³-hybridized carbons (Fsp3) is 0.368. The topological polar surface area (TPSA) is 61.7 Å². The number of aliphatic hydroxyl groups excluding tert-OH is 1. The van der Waals surface area contributed by atoms with E-state index in [1.54, 1.807) is 13.2 Å². The number of aliphatic hydroxyl groups is 1. The van der Waals surface area contributed by atoms with Gasteiger partial charge in [-0.05, 0) is 41.7 Å². The van der Waals surface area contributed by atoms with Crippen LogP contribution in [0.25, 0.3) is 0 Å². The minimum atomic E-state index is 0.143. The predicted octanol–water partition coefficient (Wildman–Crippen LogP) is 2.79. The van der Waals surface area contributed by atoms with Gasteiger partial charge in [0, 0.05) is 25.1 Å². The van der Waals surface area contributed by atoms with Crippen LogP contribution in [0.5, 0.6) is 11.5 Å². The molecular weight excluding hydrogens is 290 g/mol. The van der Waals surface area contributed by atoms with Crippen LogP contribution in [-0.2, 0) is 13.0 Å². The van der Waals surface area contributed by atoms with E-state index in [1.165, 1.54) is 11.1 Å². The van der Waals surface area contributed by atoms with E-state index in [4.69, 9.17) is 4.74 Å². The second-order valence-corrected chi connectivity index (χ2v) is 6.04. The Morgan fingerprint density at radius 2 is 2.04 bits per heavy atom. The molecule has 2 aromatic rings. The van der Waals surface area contributed by atoms with Gasteiger partial charge < -0.3 is 20.3 Å². The van der Waals surface area contributed by atoms with E-state index in [2.05, 4.69) is 29.6 Å². The lowest BCUT2D eigenvalue weighted by Gasteiger charge is -2.33. The molecule has 2 atom stereocenters. The van der Waals surface area contributed by atoms with Gasteiger partial charge in [-0.15, -0.1) is 0 Å². The fourth-order valence-electron chi connectivity index (χ4n) is 3.36. The largest absolute Gasteiger partial charge is 0.504 e. The number of rotatable bonds is 5. The Bertz CT molecular complexity index is 671. The van der Waals surface area contributed by atoms with Gasteiger partial charge in [0.15, 0.2) is 11.5 Å². The summed E-state index contributed by atoms with van der Waals surface area (Å²) in [6.07, 6.45) is 2.01. The SMILES string of the molecule is COc1cc(CNC2c3ccccc3CCC2CO)ccc1O. The maximum atomic E-state index is 9.71. The first-order valence-corrected chi connectivity index (χ1v) is 8.01. The van der Waals surface area contributed by atoms with Crippen molar-refractivity contribution in [3.63, 3.8) is 0 Å². The first kappa shape index (κ1) is 15.8. The van der Waals surface area contributed by atoms with Crippen molar-refractivity contribution >= 4 is 0 Å². The number of phenolic OH excluding ortho intramolecular Hbond substituents is 1. The van der Waals surface area contributed by atoms with Crippen LogP contribution in [0.2, 0.25) is 0 Å². The lowest BCUT2D eigenvalue weighted by molar-refractivity contribution is 0.173. The minimum Gasteiger partial charge on any atom is -0.504 e. The molecule has 0 spiro atoms. The number of benzene rings is 2. The molecule has 0 amide bonds. The highest BCUT2D eigenvalue weighted by atomic mass is 16.5. The lowest BCUT2D eigenvalue weighted by atomic mass is 9.80. The van der Waals surface area contributed by atoms with Crippen molar-refractivity contribution < 1.29 is 14.9 Å². The summed E-state index contributed by atoms with van der Waals surface area (Å²) in [6, 6.07) is 13.9. The number of hydrogen-bond donors (Lipinski definition) is 3. The van der Waals surface area contributed by atoms with Gasteiger partial charge in [-0.1, -0.05) is 30.3 Å². The second-order valence-electron chi connectivity index (χ2n) is 6.04. The molecule has 0 heterocycles. The summed E-state index contributed by atoms with van der Waals surface area (Å²) in [4.78, 5) is 0. The number of aryl methyl sites for hydroxylation is 1. The normalized spacial score (nSPS) is 20.1. The van der Waals surface area contributed by atoms with Crippen LogP contribution >= 0.6 is 0 Å². The fourth-order valence-corrected chi connectivity index (χ4v) is 3.36. The molecule has 1 aliphatic rings. The Labute approximate surface area is 136 Å². The van der Waals surface area contributed by atoms with Crippen molar-refractivity contribution in [2.75, 3.05) is 13.7 Å². The minimum absolute atomic E-state index is 0.143. The standard InChI is InChI=1S/C19H23NO3/c1-23-18-10-13(6-9-17(18)22)11-20-19-15(12-21)8-7-14-4-2-3-5-16(14)19/h2-6,9-10,15,19-22H,7-8,11-12H2,1H3. The molecule has 0 saturated heterocycles. The summed E-state index contributed by atoms with van der Waals surface area (Å²) < 4.78 is 5.16. The Morgan fingerprint density at radius 1 is 1.22 bits per heavy atom. The van der Waals surface area contributed by atoms with Crippen LogP contribution in [0, 0.1) is 5.92 Å². The van der Waals surface area contributed by atoms with Gasteiger partial charge in [-0.25, -0.2) is 0 Å². The molecule has 122 valence electrons. The number of aromatic hydroxyl groups is 1. The highest BCUT2D eigenvalue weighted by molar-refractivity contribution is 5.42. The third-order valence-electron chi connectivity index (χ3n) is 4.65. The highest BCUT2D eigenvalue weighted by Crippen LogP contribution is 2.34. The first-order chi connectivity index (χ1) is 11.2. The molecule has 0 aliphatic heterocycles. The van der Waals surface area contributed by atoms with Crippen molar-refractivity contribution in [1.82, 2.24) is 5.32 Å². The molecule has 4 nitrogen and oxygen atoms in total.